The molecule has 0 amide bonds. The third-order valence-corrected chi connectivity index (χ3v) is 0.636. The van der Waals surface area contributed by atoms with Crippen molar-refractivity contribution in [3.63, 3.8) is 0 Å². The van der Waals surface area contributed by atoms with Gasteiger partial charge in [-0.3, -0.25) is 0 Å². The van der Waals surface area contributed by atoms with Gasteiger partial charge in [-0.05, 0) is 23.6 Å². The predicted octanol–water partition coefficient (Wildman–Crippen LogP) is 0.174. The Labute approximate surface area is 75.4 Å². The van der Waals surface area contributed by atoms with Crippen LogP contribution in [0.15, 0.2) is 0 Å². The van der Waals surface area contributed by atoms with Crippen LogP contribution in [0.1, 0.15) is 0 Å². The number of hydrogen-bond acceptors (Lipinski definition) is 2. The number of rotatable bonds is 2. The SMILES string of the molecule is NCCN(Cl)Cl.[Na]. The van der Waals surface area contributed by atoms with Crippen LogP contribution in [0, 0.1) is 0 Å². The Morgan fingerprint density at radius 1 is 1.43 bits per heavy atom. The van der Waals surface area contributed by atoms with Gasteiger partial charge in [0.05, 0.1) is 0 Å². The average Bonchev–Trinajstić information content (AvgIpc) is 1.35. The van der Waals surface area contributed by atoms with E-state index in [1.165, 1.54) is 0 Å². The smallest absolute Gasteiger partial charge is 0.0427 e. The normalized spacial score (nSPS) is 8.57. The van der Waals surface area contributed by atoms with Gasteiger partial charge in [0.15, 0.2) is 0 Å². The van der Waals surface area contributed by atoms with Crippen LogP contribution in [0.2, 0.25) is 0 Å². The van der Waals surface area contributed by atoms with Crippen LogP contribution < -0.4 is 5.73 Å². The predicted molar refractivity (Wildman–Crippen MR) is 33.2 cm³/mol. The van der Waals surface area contributed by atoms with Crippen LogP contribution in [0.4, 0.5) is 0 Å². The maximum absolute atomic E-state index is 5.10. The van der Waals surface area contributed by atoms with Crippen molar-refractivity contribution in [1.82, 2.24) is 3.94 Å². The van der Waals surface area contributed by atoms with E-state index >= 15 is 0 Å². The summed E-state index contributed by atoms with van der Waals surface area (Å²) in [5.41, 5.74) is 5.02. The van der Waals surface area contributed by atoms with Gasteiger partial charge in [0.25, 0.3) is 0 Å². The molecule has 0 fully saturated rings. The average molecular weight is 152 g/mol. The fourth-order valence-electron chi connectivity index (χ4n) is 0.0976. The Bertz CT molecular complexity index is 34.9. The Morgan fingerprint density at radius 3 is 1.86 bits per heavy atom. The van der Waals surface area contributed by atoms with E-state index in [2.05, 4.69) is 0 Å². The molecule has 0 aromatic heterocycles. The molecule has 0 aromatic carbocycles. The summed E-state index contributed by atoms with van der Waals surface area (Å²) in [6.07, 6.45) is 0. The molecule has 0 heterocycles. The van der Waals surface area contributed by atoms with Crippen LogP contribution in [0.3, 0.4) is 0 Å². The topological polar surface area (TPSA) is 29.3 Å². The summed E-state index contributed by atoms with van der Waals surface area (Å²) in [6.45, 7) is 1.01. The molecule has 2 N–H and O–H groups in total. The van der Waals surface area contributed by atoms with Crippen molar-refractivity contribution in [3.8, 4) is 0 Å². The minimum absolute atomic E-state index is 0. The molecule has 1 radical (unpaired) electrons. The zero-order valence-electron chi connectivity index (χ0n) is 4.19. The first-order valence-electron chi connectivity index (χ1n) is 1.56. The number of halogens is 2. The van der Waals surface area contributed by atoms with Gasteiger partial charge in [0.1, 0.15) is 0 Å². The molecule has 0 rings (SSSR count). The minimum Gasteiger partial charge on any atom is -0.329 e. The van der Waals surface area contributed by atoms with E-state index in [1.807, 2.05) is 0 Å². The van der Waals surface area contributed by atoms with E-state index < -0.39 is 0 Å². The molecule has 0 saturated heterocycles. The van der Waals surface area contributed by atoms with Gasteiger partial charge in [-0.25, -0.2) is 0 Å². The maximum atomic E-state index is 5.10. The minimum atomic E-state index is 0. The summed E-state index contributed by atoms with van der Waals surface area (Å²) in [7, 11) is 0. The van der Waals surface area contributed by atoms with Crippen molar-refractivity contribution in [1.29, 1.82) is 0 Å². The Morgan fingerprint density at radius 2 is 1.86 bits per heavy atom. The monoisotopic (exact) mass is 151 g/mol. The zero-order chi connectivity index (χ0) is 4.99. The molecular weight excluding hydrogens is 146 g/mol. The largest absolute Gasteiger partial charge is 0.329 e. The van der Waals surface area contributed by atoms with Gasteiger partial charge >= 0.3 is 0 Å². The Hall–Kier alpha value is 1.50. The molecule has 7 heavy (non-hydrogen) atoms. The summed E-state index contributed by atoms with van der Waals surface area (Å²) in [5.74, 6) is 0. The van der Waals surface area contributed by atoms with Crippen molar-refractivity contribution >= 4 is 53.1 Å². The van der Waals surface area contributed by atoms with Gasteiger partial charge in [0.2, 0.25) is 0 Å². The van der Waals surface area contributed by atoms with E-state index in [0.29, 0.717) is 13.1 Å². The van der Waals surface area contributed by atoms with Gasteiger partial charge in [-0.15, -0.1) is 3.94 Å². The molecule has 2 nitrogen and oxygen atoms in total. The Balaban J connectivity index is 0. The summed E-state index contributed by atoms with van der Waals surface area (Å²) < 4.78 is 1.00. The van der Waals surface area contributed by atoms with E-state index in [1.54, 1.807) is 0 Å². The van der Waals surface area contributed by atoms with E-state index in [0.717, 1.165) is 3.94 Å². The fraction of sp³-hybridized carbons (Fsp3) is 1.00. The van der Waals surface area contributed by atoms with Gasteiger partial charge in [-0.2, -0.15) is 0 Å². The second kappa shape index (κ2) is 7.50. The first kappa shape index (κ1) is 11.3. The second-order valence-electron chi connectivity index (χ2n) is 0.815. The van der Waals surface area contributed by atoms with E-state index in [9.17, 15) is 0 Å². The molecular formula is C2H6Cl2N2Na. The summed E-state index contributed by atoms with van der Waals surface area (Å²) in [6, 6.07) is 0. The number of hydrogen-bond donors (Lipinski definition) is 1. The molecule has 0 aliphatic carbocycles. The summed E-state index contributed by atoms with van der Waals surface area (Å²) in [4.78, 5) is 0. The van der Waals surface area contributed by atoms with Gasteiger partial charge in [0, 0.05) is 42.6 Å². The van der Waals surface area contributed by atoms with E-state index in [4.69, 9.17) is 29.3 Å². The Kier molecular flexibility index (Phi) is 12.1. The van der Waals surface area contributed by atoms with Crippen LogP contribution in [-0.2, 0) is 0 Å². The van der Waals surface area contributed by atoms with Gasteiger partial charge < -0.3 is 5.73 Å². The van der Waals surface area contributed by atoms with Crippen molar-refractivity contribution in [3.05, 3.63) is 0 Å². The first-order valence-corrected chi connectivity index (χ1v) is 2.24. The molecule has 0 spiro atoms. The van der Waals surface area contributed by atoms with Crippen LogP contribution >= 0.6 is 23.6 Å². The third kappa shape index (κ3) is 11.2. The first-order chi connectivity index (χ1) is 2.77. The number of nitrogens with two attached hydrogens (primary N) is 1. The van der Waals surface area contributed by atoms with Crippen molar-refractivity contribution in [2.75, 3.05) is 13.1 Å². The molecule has 0 aliphatic heterocycles. The van der Waals surface area contributed by atoms with E-state index in [-0.39, 0.29) is 29.6 Å². The molecule has 5 heteroatoms. The van der Waals surface area contributed by atoms with Crippen molar-refractivity contribution < 1.29 is 0 Å². The molecule has 0 aromatic rings. The summed E-state index contributed by atoms with van der Waals surface area (Å²) in [5, 5.41) is 0. The fourth-order valence-corrected chi connectivity index (χ4v) is 0.293. The van der Waals surface area contributed by atoms with Crippen LogP contribution in [-0.4, -0.2) is 46.6 Å². The molecule has 0 atom stereocenters. The zero-order valence-corrected chi connectivity index (χ0v) is 7.71. The van der Waals surface area contributed by atoms with Crippen molar-refractivity contribution in [2.24, 2.45) is 5.73 Å². The quantitative estimate of drug-likeness (QED) is 0.451. The van der Waals surface area contributed by atoms with Crippen LogP contribution in [0.5, 0.6) is 0 Å². The molecule has 0 saturated carbocycles. The van der Waals surface area contributed by atoms with Gasteiger partial charge in [-0.1, -0.05) is 0 Å². The van der Waals surface area contributed by atoms with Crippen LogP contribution in [0.25, 0.3) is 0 Å². The van der Waals surface area contributed by atoms with Crippen molar-refractivity contribution in [2.45, 2.75) is 0 Å². The number of nitrogens with zero attached hydrogens (tertiary/aromatic N) is 1. The standard InChI is InChI=1S/C2H6Cl2N2.Na/c3-6(4)2-1-5;/h1-2,5H2;. The molecule has 0 aliphatic rings. The second-order valence-corrected chi connectivity index (χ2v) is 1.80. The maximum Gasteiger partial charge on any atom is 0.0427 e. The third-order valence-electron chi connectivity index (χ3n) is 0.298. The molecule has 0 unspecified atom stereocenters. The molecule has 39 valence electrons. The summed E-state index contributed by atoms with van der Waals surface area (Å²) >= 11 is 10.2. The molecule has 0 bridgehead atoms.